The number of rotatable bonds is 5. The van der Waals surface area contributed by atoms with Gasteiger partial charge >= 0.3 is 0 Å². The molecule has 1 atom stereocenters. The van der Waals surface area contributed by atoms with Crippen LogP contribution in [-0.2, 0) is 4.79 Å². The number of benzene rings is 2. The van der Waals surface area contributed by atoms with Crippen LogP contribution < -0.4 is 15.0 Å². The summed E-state index contributed by atoms with van der Waals surface area (Å²) in [5, 5.41) is 11.8. The van der Waals surface area contributed by atoms with Crippen molar-refractivity contribution in [3.63, 3.8) is 0 Å². The summed E-state index contributed by atoms with van der Waals surface area (Å²) in [6.07, 6.45) is 0. The molecule has 1 heterocycles. The molecule has 2 aromatic rings. The molecule has 1 fully saturated rings. The van der Waals surface area contributed by atoms with Crippen LogP contribution in [0.1, 0.15) is 12.5 Å². The van der Waals surface area contributed by atoms with E-state index < -0.39 is 0 Å². The number of amides is 1. The van der Waals surface area contributed by atoms with Gasteiger partial charge in [-0.25, -0.2) is 0 Å². The van der Waals surface area contributed by atoms with Crippen LogP contribution in [-0.4, -0.2) is 50.1 Å². The Kier molecular flexibility index (Phi) is 5.94. The fraction of sp³-hybridized carbons (Fsp3) is 0.333. The van der Waals surface area contributed by atoms with Crippen molar-refractivity contribution in [2.24, 2.45) is 0 Å². The number of methoxy groups -OCH3 is 1. The zero-order chi connectivity index (χ0) is 19.2. The molecule has 3 rings (SSSR count). The molecule has 140 valence electrons. The number of nitrogens with one attached hydrogen (secondary N) is 1. The Balaban J connectivity index is 1.54. The van der Waals surface area contributed by atoms with Crippen molar-refractivity contribution in [1.82, 2.24) is 4.90 Å². The van der Waals surface area contributed by atoms with E-state index >= 15 is 0 Å². The van der Waals surface area contributed by atoms with Crippen molar-refractivity contribution >= 4 is 17.3 Å². The first-order valence-electron chi connectivity index (χ1n) is 9.05. The lowest BCUT2D eigenvalue weighted by Gasteiger charge is -2.38. The van der Waals surface area contributed by atoms with Crippen molar-refractivity contribution in [3.05, 3.63) is 54.1 Å². The number of ether oxygens (including phenoxy) is 1. The van der Waals surface area contributed by atoms with E-state index in [1.165, 1.54) is 0 Å². The van der Waals surface area contributed by atoms with Crippen LogP contribution in [0.5, 0.6) is 5.75 Å². The summed E-state index contributed by atoms with van der Waals surface area (Å²) in [6, 6.07) is 16.8. The number of carbonyl (C=O) groups is 1. The van der Waals surface area contributed by atoms with Gasteiger partial charge < -0.3 is 15.0 Å². The van der Waals surface area contributed by atoms with Crippen molar-refractivity contribution in [2.45, 2.75) is 13.0 Å². The number of nitriles is 1. The second-order valence-corrected chi connectivity index (χ2v) is 6.58. The van der Waals surface area contributed by atoms with Crippen LogP contribution >= 0.6 is 0 Å². The highest BCUT2D eigenvalue weighted by Crippen LogP contribution is 2.22. The number of hydrogen-bond acceptors (Lipinski definition) is 5. The van der Waals surface area contributed by atoms with Crippen molar-refractivity contribution < 1.29 is 9.53 Å². The Morgan fingerprint density at radius 2 is 1.85 bits per heavy atom. The Bertz CT molecular complexity index is 821. The summed E-state index contributed by atoms with van der Waals surface area (Å²) < 4.78 is 5.30. The lowest BCUT2D eigenvalue weighted by Crippen LogP contribution is -2.52. The van der Waals surface area contributed by atoms with E-state index in [0.29, 0.717) is 11.3 Å². The molecule has 1 aliphatic rings. The zero-order valence-electron chi connectivity index (χ0n) is 15.7. The van der Waals surface area contributed by atoms with Gasteiger partial charge in [0.2, 0.25) is 5.91 Å². The van der Waals surface area contributed by atoms with Gasteiger partial charge in [-0.3, -0.25) is 9.69 Å². The lowest BCUT2D eigenvalue weighted by molar-refractivity contribution is -0.120. The Morgan fingerprint density at radius 3 is 2.48 bits per heavy atom. The third kappa shape index (κ3) is 4.57. The SMILES string of the molecule is COc1cccc(N2CCN(C(C)C(=O)Nc3ccc(C#N)cc3)CC2)c1. The molecule has 0 aromatic heterocycles. The average molecular weight is 364 g/mol. The van der Waals surface area contributed by atoms with E-state index in [4.69, 9.17) is 10.00 Å². The summed E-state index contributed by atoms with van der Waals surface area (Å²) >= 11 is 0. The molecule has 1 N–H and O–H groups in total. The Labute approximate surface area is 160 Å². The number of hydrogen-bond donors (Lipinski definition) is 1. The van der Waals surface area contributed by atoms with Crippen LogP contribution in [0.3, 0.4) is 0 Å². The minimum atomic E-state index is -0.215. The first-order valence-corrected chi connectivity index (χ1v) is 9.05. The van der Waals surface area contributed by atoms with E-state index in [2.05, 4.69) is 27.3 Å². The maximum Gasteiger partial charge on any atom is 0.241 e. The van der Waals surface area contributed by atoms with Crippen LogP contribution in [0.25, 0.3) is 0 Å². The quantitative estimate of drug-likeness (QED) is 0.883. The van der Waals surface area contributed by atoms with E-state index in [-0.39, 0.29) is 11.9 Å². The van der Waals surface area contributed by atoms with Crippen molar-refractivity contribution in [3.8, 4) is 11.8 Å². The van der Waals surface area contributed by atoms with Gasteiger partial charge in [0.1, 0.15) is 5.75 Å². The summed E-state index contributed by atoms with van der Waals surface area (Å²) in [5.74, 6) is 0.819. The summed E-state index contributed by atoms with van der Waals surface area (Å²) in [7, 11) is 1.67. The van der Waals surface area contributed by atoms with E-state index in [1.807, 2.05) is 25.1 Å². The van der Waals surface area contributed by atoms with Crippen LogP contribution in [0.4, 0.5) is 11.4 Å². The lowest BCUT2D eigenvalue weighted by atomic mass is 10.1. The second-order valence-electron chi connectivity index (χ2n) is 6.58. The fourth-order valence-corrected chi connectivity index (χ4v) is 3.22. The molecule has 0 radical (unpaired) electrons. The minimum Gasteiger partial charge on any atom is -0.497 e. The maximum absolute atomic E-state index is 12.6. The maximum atomic E-state index is 12.6. The molecule has 1 saturated heterocycles. The van der Waals surface area contributed by atoms with Crippen LogP contribution in [0, 0.1) is 11.3 Å². The summed E-state index contributed by atoms with van der Waals surface area (Å²) in [6.45, 7) is 5.29. The van der Waals surface area contributed by atoms with E-state index in [9.17, 15) is 4.79 Å². The van der Waals surface area contributed by atoms with Gasteiger partial charge in [0.15, 0.2) is 0 Å². The monoisotopic (exact) mass is 364 g/mol. The number of carbonyl (C=O) groups excluding carboxylic acids is 1. The molecule has 0 spiro atoms. The largest absolute Gasteiger partial charge is 0.497 e. The molecular formula is C21H24N4O2. The summed E-state index contributed by atoms with van der Waals surface area (Å²) in [4.78, 5) is 17.1. The van der Waals surface area contributed by atoms with Gasteiger partial charge in [0.25, 0.3) is 0 Å². The average Bonchev–Trinajstić information content (AvgIpc) is 2.74. The summed E-state index contributed by atoms with van der Waals surface area (Å²) in [5.41, 5.74) is 2.43. The first kappa shape index (κ1) is 18.7. The highest BCUT2D eigenvalue weighted by atomic mass is 16.5. The number of nitrogens with zero attached hydrogens (tertiary/aromatic N) is 3. The molecule has 1 amide bonds. The molecule has 6 nitrogen and oxygen atoms in total. The van der Waals surface area contributed by atoms with Gasteiger partial charge in [-0.2, -0.15) is 5.26 Å². The third-order valence-electron chi connectivity index (χ3n) is 4.94. The molecule has 27 heavy (non-hydrogen) atoms. The van der Waals surface area contributed by atoms with Gasteiger partial charge in [0, 0.05) is 43.6 Å². The predicted molar refractivity (Wildman–Crippen MR) is 106 cm³/mol. The zero-order valence-corrected chi connectivity index (χ0v) is 15.7. The van der Waals surface area contributed by atoms with Gasteiger partial charge in [-0.05, 0) is 43.3 Å². The van der Waals surface area contributed by atoms with E-state index in [1.54, 1.807) is 31.4 Å². The van der Waals surface area contributed by atoms with Crippen LogP contribution in [0.15, 0.2) is 48.5 Å². The normalized spacial score (nSPS) is 15.7. The van der Waals surface area contributed by atoms with Gasteiger partial charge in [-0.1, -0.05) is 6.07 Å². The second kappa shape index (κ2) is 8.56. The molecule has 2 aromatic carbocycles. The number of piperazine rings is 1. The molecule has 0 aliphatic carbocycles. The molecule has 0 bridgehead atoms. The Hall–Kier alpha value is -3.04. The van der Waals surface area contributed by atoms with Crippen molar-refractivity contribution in [1.29, 1.82) is 5.26 Å². The molecular weight excluding hydrogens is 340 g/mol. The van der Waals surface area contributed by atoms with E-state index in [0.717, 1.165) is 37.6 Å². The smallest absolute Gasteiger partial charge is 0.241 e. The standard InChI is InChI=1S/C21H24N4O2/c1-16(21(26)23-18-8-6-17(15-22)7-9-18)24-10-12-25(13-11-24)19-4-3-5-20(14-19)27-2/h3-9,14,16H,10-13H2,1-2H3,(H,23,26). The van der Waals surface area contributed by atoms with Gasteiger partial charge in [-0.15, -0.1) is 0 Å². The van der Waals surface area contributed by atoms with Gasteiger partial charge in [0.05, 0.1) is 24.8 Å². The minimum absolute atomic E-state index is 0.0328. The molecule has 0 saturated carbocycles. The third-order valence-corrected chi connectivity index (χ3v) is 4.94. The fourth-order valence-electron chi connectivity index (χ4n) is 3.22. The topological polar surface area (TPSA) is 68.6 Å². The Morgan fingerprint density at radius 1 is 1.15 bits per heavy atom. The first-order chi connectivity index (χ1) is 13.1. The highest BCUT2D eigenvalue weighted by Gasteiger charge is 2.25. The predicted octanol–water partition coefficient (Wildman–Crippen LogP) is 2.72. The number of anilines is 2. The molecule has 1 aliphatic heterocycles. The van der Waals surface area contributed by atoms with Crippen molar-refractivity contribution in [2.75, 3.05) is 43.5 Å². The molecule has 1 unspecified atom stereocenters. The van der Waals surface area contributed by atoms with Crippen LogP contribution in [0.2, 0.25) is 0 Å². The molecule has 6 heteroatoms. The highest BCUT2D eigenvalue weighted by molar-refractivity contribution is 5.94.